The molecule has 1 aliphatic carbocycles. The number of rotatable bonds is 12. The van der Waals surface area contributed by atoms with Crippen molar-refractivity contribution in [1.29, 1.82) is 0 Å². The molecule has 0 saturated carbocycles. The molecule has 0 aromatic heterocycles. The Kier molecular flexibility index (Phi) is 9.30. The number of ether oxygens (including phenoxy) is 2. The van der Waals surface area contributed by atoms with Crippen molar-refractivity contribution in [2.24, 2.45) is 0 Å². The monoisotopic (exact) mass is 532 g/mol. The third-order valence-corrected chi connectivity index (χ3v) is 6.72. The Morgan fingerprint density at radius 3 is 2.10 bits per heavy atom. The van der Waals surface area contributed by atoms with Crippen molar-refractivity contribution in [2.45, 2.75) is 31.6 Å². The van der Waals surface area contributed by atoms with Gasteiger partial charge in [0.1, 0.15) is 19.2 Å². The smallest absolute Gasteiger partial charge is 0.407 e. The predicted octanol–water partition coefficient (Wildman–Crippen LogP) is 3.40. The van der Waals surface area contributed by atoms with Crippen LogP contribution in [0.25, 0.3) is 11.1 Å². The van der Waals surface area contributed by atoms with E-state index in [4.69, 9.17) is 9.47 Å². The van der Waals surface area contributed by atoms with Crippen LogP contribution in [0.4, 0.5) is 4.79 Å². The van der Waals surface area contributed by atoms with Crippen LogP contribution in [0.2, 0.25) is 0 Å². The number of carbonyl (C=O) groups is 3. The second kappa shape index (κ2) is 13.0. The highest BCUT2D eigenvalue weighted by Crippen LogP contribution is 2.44. The average Bonchev–Trinajstić information content (AvgIpc) is 3.27. The summed E-state index contributed by atoms with van der Waals surface area (Å²) >= 11 is 0. The fraction of sp³-hybridized carbons (Fsp3) is 0.300. The lowest BCUT2D eigenvalue weighted by molar-refractivity contribution is -0.147. The Labute approximate surface area is 227 Å². The largest absolute Gasteiger partial charge is 0.480 e. The number of carboxylic acids is 1. The summed E-state index contributed by atoms with van der Waals surface area (Å²) in [6, 6.07) is 24.0. The van der Waals surface area contributed by atoms with Gasteiger partial charge in [-0.05, 0) is 34.7 Å². The first-order valence-electron chi connectivity index (χ1n) is 12.8. The van der Waals surface area contributed by atoms with Crippen LogP contribution in [0.3, 0.4) is 0 Å². The van der Waals surface area contributed by atoms with Gasteiger partial charge in [-0.15, -0.1) is 0 Å². The van der Waals surface area contributed by atoms with Crippen LogP contribution in [-0.4, -0.2) is 71.5 Å². The molecule has 0 radical (unpaired) electrons. The predicted molar refractivity (Wildman–Crippen MR) is 144 cm³/mol. The molecule has 3 aromatic rings. The number of carbonyl (C=O) groups excluding carboxylic acids is 2. The van der Waals surface area contributed by atoms with Gasteiger partial charge in [-0.3, -0.25) is 9.59 Å². The summed E-state index contributed by atoms with van der Waals surface area (Å²) in [5.41, 5.74) is 5.15. The van der Waals surface area contributed by atoms with Gasteiger partial charge in [0.05, 0.1) is 19.3 Å². The maximum Gasteiger partial charge on any atom is 0.407 e. The van der Waals surface area contributed by atoms with Crippen molar-refractivity contribution in [3.63, 3.8) is 0 Å². The highest BCUT2D eigenvalue weighted by molar-refractivity contribution is 5.88. The molecule has 39 heavy (non-hydrogen) atoms. The van der Waals surface area contributed by atoms with Gasteiger partial charge in [0.25, 0.3) is 0 Å². The van der Waals surface area contributed by atoms with E-state index in [1.807, 2.05) is 78.9 Å². The normalized spacial score (nSPS) is 13.6. The van der Waals surface area contributed by atoms with Gasteiger partial charge >= 0.3 is 12.1 Å². The van der Waals surface area contributed by atoms with E-state index in [9.17, 15) is 24.6 Å². The Bertz CT molecular complexity index is 1250. The van der Waals surface area contributed by atoms with Crippen LogP contribution >= 0.6 is 0 Å². The van der Waals surface area contributed by atoms with E-state index in [0.717, 1.165) is 32.7 Å². The second-order valence-electron chi connectivity index (χ2n) is 9.33. The number of aliphatic carboxylic acids is 1. The number of hydrogen-bond donors (Lipinski definition) is 3. The second-order valence-corrected chi connectivity index (χ2v) is 9.33. The summed E-state index contributed by atoms with van der Waals surface area (Å²) in [6.07, 6.45) is -1.65. The summed E-state index contributed by atoms with van der Waals surface area (Å²) < 4.78 is 11.5. The minimum Gasteiger partial charge on any atom is -0.480 e. The molecule has 2 unspecified atom stereocenters. The van der Waals surface area contributed by atoms with E-state index in [2.05, 4.69) is 5.32 Å². The summed E-state index contributed by atoms with van der Waals surface area (Å²) in [5, 5.41) is 21.2. The number of carboxylic acid groups (broad SMARTS) is 1. The number of hydrogen-bond acceptors (Lipinski definition) is 6. The van der Waals surface area contributed by atoms with Crippen molar-refractivity contribution < 1.29 is 34.1 Å². The molecule has 3 N–H and O–H groups in total. The number of nitrogens with one attached hydrogen (secondary N) is 1. The summed E-state index contributed by atoms with van der Waals surface area (Å²) in [5.74, 6) is -2.10. The van der Waals surface area contributed by atoms with Crippen molar-refractivity contribution in [3.8, 4) is 11.1 Å². The first kappa shape index (κ1) is 27.8. The number of aliphatic hydroxyl groups excluding tert-OH is 1. The van der Waals surface area contributed by atoms with Crippen LogP contribution in [0.5, 0.6) is 0 Å². The van der Waals surface area contributed by atoms with E-state index in [0.29, 0.717) is 0 Å². The Morgan fingerprint density at radius 2 is 1.51 bits per heavy atom. The molecule has 0 saturated heterocycles. The van der Waals surface area contributed by atoms with Gasteiger partial charge in [0.15, 0.2) is 0 Å². The number of benzene rings is 3. The number of fused-ring (bicyclic) bond motifs is 3. The molecule has 9 heteroatoms. The quantitative estimate of drug-likeness (QED) is 0.326. The summed E-state index contributed by atoms with van der Waals surface area (Å²) in [4.78, 5) is 38.7. The van der Waals surface area contributed by atoms with Crippen LogP contribution < -0.4 is 5.32 Å². The lowest BCUT2D eigenvalue weighted by atomic mass is 9.98. The van der Waals surface area contributed by atoms with Crippen LogP contribution in [0.15, 0.2) is 78.9 Å². The van der Waals surface area contributed by atoms with Gasteiger partial charge in [0.2, 0.25) is 5.91 Å². The van der Waals surface area contributed by atoms with E-state index in [1.54, 1.807) is 6.92 Å². The molecule has 0 heterocycles. The molecule has 4 rings (SSSR count). The van der Waals surface area contributed by atoms with Crippen molar-refractivity contribution in [3.05, 3.63) is 95.6 Å². The number of alkyl carbamates (subject to hydrolysis) is 1. The van der Waals surface area contributed by atoms with E-state index < -0.39 is 43.3 Å². The first-order valence-corrected chi connectivity index (χ1v) is 12.8. The van der Waals surface area contributed by atoms with Gasteiger partial charge in [-0.1, -0.05) is 78.9 Å². The average molecular weight is 533 g/mol. The van der Waals surface area contributed by atoms with Crippen molar-refractivity contribution in [1.82, 2.24) is 10.2 Å². The Hall–Kier alpha value is -4.21. The van der Waals surface area contributed by atoms with Crippen LogP contribution in [0, 0.1) is 0 Å². The van der Waals surface area contributed by atoms with Crippen LogP contribution in [0.1, 0.15) is 29.5 Å². The molecule has 204 valence electrons. The maximum absolute atomic E-state index is 13.3. The third kappa shape index (κ3) is 6.81. The fourth-order valence-electron chi connectivity index (χ4n) is 4.79. The minimum atomic E-state index is -1.24. The molecule has 2 amide bonds. The Balaban J connectivity index is 1.48. The lowest BCUT2D eigenvalue weighted by Gasteiger charge is -2.29. The van der Waals surface area contributed by atoms with Crippen LogP contribution in [-0.2, 0) is 25.7 Å². The molecule has 0 fully saturated rings. The minimum absolute atomic E-state index is 0.0511. The fourth-order valence-corrected chi connectivity index (χ4v) is 4.79. The zero-order valence-corrected chi connectivity index (χ0v) is 21.7. The summed E-state index contributed by atoms with van der Waals surface area (Å²) in [7, 11) is 0. The van der Waals surface area contributed by atoms with Gasteiger partial charge in [-0.2, -0.15) is 0 Å². The molecule has 0 bridgehead atoms. The molecule has 0 aliphatic heterocycles. The summed E-state index contributed by atoms with van der Waals surface area (Å²) in [6.45, 7) is 0.572. The first-order chi connectivity index (χ1) is 18.9. The number of nitrogens with zero attached hydrogens (tertiary/aromatic N) is 1. The number of amides is 2. The molecule has 0 spiro atoms. The van der Waals surface area contributed by atoms with E-state index >= 15 is 0 Å². The topological polar surface area (TPSA) is 125 Å². The van der Waals surface area contributed by atoms with Gasteiger partial charge < -0.3 is 29.9 Å². The zero-order valence-electron chi connectivity index (χ0n) is 21.7. The molecule has 1 aliphatic rings. The van der Waals surface area contributed by atoms with E-state index in [1.165, 1.54) is 0 Å². The maximum atomic E-state index is 13.3. The van der Waals surface area contributed by atoms with Crippen molar-refractivity contribution in [2.75, 3.05) is 26.3 Å². The van der Waals surface area contributed by atoms with Crippen molar-refractivity contribution >= 4 is 18.0 Å². The van der Waals surface area contributed by atoms with Gasteiger partial charge in [-0.25, -0.2) is 4.79 Å². The van der Waals surface area contributed by atoms with Gasteiger partial charge in [0, 0.05) is 12.5 Å². The van der Waals surface area contributed by atoms with E-state index in [-0.39, 0.29) is 25.7 Å². The number of aliphatic hydroxyl groups is 1. The highest BCUT2D eigenvalue weighted by atomic mass is 16.5. The Morgan fingerprint density at radius 1 is 0.923 bits per heavy atom. The molecule has 9 nitrogen and oxygen atoms in total. The highest BCUT2D eigenvalue weighted by Gasteiger charge is 2.34. The SMILES string of the molecule is CC(OCc1ccccc1)C(NC(=O)OCC1c2ccccc2-c2ccccc21)C(=O)N(CCO)CC(=O)O. The molecule has 3 aromatic carbocycles. The lowest BCUT2D eigenvalue weighted by Crippen LogP contribution is -2.55. The third-order valence-electron chi connectivity index (χ3n) is 6.72. The standard InChI is InChI=1S/C30H32N2O7/c1-20(38-18-21-9-3-2-4-10-21)28(29(36)32(15-16-33)17-27(34)35)31-30(37)39-19-26-24-13-7-5-11-22(24)23-12-6-8-14-25(23)26/h2-14,20,26,28,33H,15-19H2,1H3,(H,31,37)(H,34,35). The molecule has 2 atom stereocenters. The molecular formula is C30H32N2O7. The molecular weight excluding hydrogens is 500 g/mol. The zero-order chi connectivity index (χ0) is 27.8.